The Morgan fingerprint density at radius 1 is 1.26 bits per heavy atom. The van der Waals surface area contributed by atoms with Crippen LogP contribution in [0.4, 0.5) is 0 Å². The molecule has 1 aromatic carbocycles. The van der Waals surface area contributed by atoms with E-state index < -0.39 is 5.97 Å². The van der Waals surface area contributed by atoms with Crippen LogP contribution in [0.25, 0.3) is 0 Å². The molecule has 1 N–H and O–H groups in total. The molecule has 0 radical (unpaired) electrons. The molecule has 2 fully saturated rings. The fourth-order valence-electron chi connectivity index (χ4n) is 4.81. The van der Waals surface area contributed by atoms with Crippen molar-refractivity contribution in [2.45, 2.75) is 19.8 Å². The molecule has 1 aromatic rings. The number of hydrogen-bond acceptors (Lipinski definition) is 2. The van der Waals surface area contributed by atoms with Gasteiger partial charge < -0.3 is 10.0 Å². The lowest BCUT2D eigenvalue weighted by Crippen LogP contribution is -2.34. The fraction of sp³-hybridized carbons (Fsp3) is 0.474. The Morgan fingerprint density at radius 3 is 2.65 bits per heavy atom. The van der Waals surface area contributed by atoms with Gasteiger partial charge in [-0.3, -0.25) is 4.79 Å². The maximum absolute atomic E-state index is 12.6. The molecule has 0 spiro atoms. The first-order chi connectivity index (χ1) is 11.0. The zero-order chi connectivity index (χ0) is 16.2. The van der Waals surface area contributed by atoms with Crippen LogP contribution in [0, 0.1) is 23.2 Å². The van der Waals surface area contributed by atoms with Gasteiger partial charge in [0.15, 0.2) is 0 Å². The average Bonchev–Trinajstić information content (AvgIpc) is 3.18. The number of likely N-dealkylation sites (tertiary alicyclic amines) is 1. The minimum atomic E-state index is -0.939. The standard InChI is InChI=1S/C19H21NO3/c1-19-11-20(10-16(19)14-6-7-15(19)9-14)17(21)8-12-2-4-13(5-3-12)18(22)23/h2-7,14-16H,8-11H2,1H3,(H,22,23)/t14-,15+,16-,19+/m0/s1. The topological polar surface area (TPSA) is 57.6 Å². The van der Waals surface area contributed by atoms with E-state index >= 15 is 0 Å². The number of rotatable bonds is 3. The number of fused-ring (bicyclic) bond motifs is 5. The third-order valence-electron chi connectivity index (χ3n) is 6.19. The highest BCUT2D eigenvalue weighted by Crippen LogP contribution is 2.59. The van der Waals surface area contributed by atoms with Crippen LogP contribution in [0.5, 0.6) is 0 Å². The van der Waals surface area contributed by atoms with Crippen molar-refractivity contribution in [1.82, 2.24) is 4.90 Å². The van der Waals surface area contributed by atoms with Crippen molar-refractivity contribution in [3.05, 3.63) is 47.5 Å². The van der Waals surface area contributed by atoms with Gasteiger partial charge in [-0.25, -0.2) is 4.79 Å². The molecule has 23 heavy (non-hydrogen) atoms. The van der Waals surface area contributed by atoms with Gasteiger partial charge in [0.1, 0.15) is 0 Å². The number of aromatic carboxylic acids is 1. The van der Waals surface area contributed by atoms with Crippen molar-refractivity contribution in [3.8, 4) is 0 Å². The number of benzene rings is 1. The highest BCUT2D eigenvalue weighted by molar-refractivity contribution is 5.87. The first-order valence-corrected chi connectivity index (χ1v) is 8.26. The van der Waals surface area contributed by atoms with Gasteiger partial charge in [-0.1, -0.05) is 31.2 Å². The molecular weight excluding hydrogens is 290 g/mol. The zero-order valence-corrected chi connectivity index (χ0v) is 13.2. The van der Waals surface area contributed by atoms with Crippen LogP contribution in [0.3, 0.4) is 0 Å². The van der Waals surface area contributed by atoms with E-state index in [0.29, 0.717) is 24.2 Å². The Labute approximate surface area is 135 Å². The van der Waals surface area contributed by atoms with E-state index in [2.05, 4.69) is 19.1 Å². The number of nitrogens with zero attached hydrogens (tertiary/aromatic N) is 1. The summed E-state index contributed by atoms with van der Waals surface area (Å²) in [7, 11) is 0. The van der Waals surface area contributed by atoms with Gasteiger partial charge >= 0.3 is 5.97 Å². The molecule has 1 saturated heterocycles. The lowest BCUT2D eigenvalue weighted by Gasteiger charge is -2.31. The first kappa shape index (κ1) is 14.5. The number of carboxylic acids is 1. The van der Waals surface area contributed by atoms with Crippen LogP contribution < -0.4 is 0 Å². The van der Waals surface area contributed by atoms with Gasteiger partial charge in [0.2, 0.25) is 5.91 Å². The van der Waals surface area contributed by atoms with E-state index in [1.807, 2.05) is 4.90 Å². The van der Waals surface area contributed by atoms with Crippen LogP contribution >= 0.6 is 0 Å². The number of hydrogen-bond donors (Lipinski definition) is 1. The molecule has 4 rings (SSSR count). The van der Waals surface area contributed by atoms with Gasteiger partial charge in [0.05, 0.1) is 12.0 Å². The summed E-state index contributed by atoms with van der Waals surface area (Å²) in [4.78, 5) is 25.5. The lowest BCUT2D eigenvalue weighted by molar-refractivity contribution is -0.130. The molecule has 3 aliphatic rings. The van der Waals surface area contributed by atoms with E-state index in [1.54, 1.807) is 24.3 Å². The Morgan fingerprint density at radius 2 is 2.00 bits per heavy atom. The molecule has 2 aliphatic carbocycles. The zero-order valence-electron chi connectivity index (χ0n) is 13.2. The predicted molar refractivity (Wildman–Crippen MR) is 86.0 cm³/mol. The summed E-state index contributed by atoms with van der Waals surface area (Å²) < 4.78 is 0. The summed E-state index contributed by atoms with van der Waals surface area (Å²) in [5, 5.41) is 8.93. The predicted octanol–water partition coefficient (Wildman–Crippen LogP) is 2.60. The van der Waals surface area contributed by atoms with Crippen molar-refractivity contribution in [3.63, 3.8) is 0 Å². The molecule has 1 aliphatic heterocycles. The van der Waals surface area contributed by atoms with Crippen LogP contribution in [0.15, 0.2) is 36.4 Å². The molecule has 1 amide bonds. The fourth-order valence-corrected chi connectivity index (χ4v) is 4.81. The lowest BCUT2D eigenvalue weighted by atomic mass is 9.72. The SMILES string of the molecule is C[C@]12CN(C(=O)Cc3ccc(C(=O)O)cc3)C[C@H]1[C@H]1C=C[C@@H]2C1. The second-order valence-electron chi connectivity index (χ2n) is 7.46. The molecule has 2 bridgehead atoms. The Bertz CT molecular complexity index is 693. The highest BCUT2D eigenvalue weighted by Gasteiger charge is 2.57. The summed E-state index contributed by atoms with van der Waals surface area (Å²) in [6.45, 7) is 4.06. The Hall–Kier alpha value is -2.10. The van der Waals surface area contributed by atoms with Crippen LogP contribution in [0.2, 0.25) is 0 Å². The van der Waals surface area contributed by atoms with Crippen LogP contribution in [-0.2, 0) is 11.2 Å². The highest BCUT2D eigenvalue weighted by atomic mass is 16.4. The van der Waals surface area contributed by atoms with Crippen molar-refractivity contribution < 1.29 is 14.7 Å². The van der Waals surface area contributed by atoms with Gasteiger partial charge in [0.25, 0.3) is 0 Å². The van der Waals surface area contributed by atoms with Gasteiger partial charge in [-0.15, -0.1) is 0 Å². The molecule has 4 heteroatoms. The van der Waals surface area contributed by atoms with Crippen molar-refractivity contribution in [2.24, 2.45) is 23.2 Å². The number of allylic oxidation sites excluding steroid dienone is 2. The van der Waals surface area contributed by atoms with Crippen LogP contribution in [-0.4, -0.2) is 35.0 Å². The quantitative estimate of drug-likeness (QED) is 0.873. The largest absolute Gasteiger partial charge is 0.478 e. The molecule has 0 unspecified atom stereocenters. The first-order valence-electron chi connectivity index (χ1n) is 8.26. The third-order valence-corrected chi connectivity index (χ3v) is 6.19. The van der Waals surface area contributed by atoms with E-state index in [-0.39, 0.29) is 16.9 Å². The van der Waals surface area contributed by atoms with Crippen molar-refractivity contribution in [1.29, 1.82) is 0 Å². The van der Waals surface area contributed by atoms with E-state index in [4.69, 9.17) is 5.11 Å². The van der Waals surface area contributed by atoms with Crippen molar-refractivity contribution >= 4 is 11.9 Å². The summed E-state index contributed by atoms with van der Waals surface area (Å²) >= 11 is 0. The van der Waals surface area contributed by atoms with E-state index in [0.717, 1.165) is 18.7 Å². The summed E-state index contributed by atoms with van der Waals surface area (Å²) in [5.74, 6) is 1.10. The molecule has 120 valence electrons. The third kappa shape index (κ3) is 2.19. The van der Waals surface area contributed by atoms with Gasteiger partial charge in [-0.05, 0) is 47.3 Å². The molecular formula is C19H21NO3. The minimum Gasteiger partial charge on any atom is -0.478 e. The normalized spacial score (nSPS) is 34.0. The molecule has 1 saturated carbocycles. The smallest absolute Gasteiger partial charge is 0.335 e. The Balaban J connectivity index is 1.44. The summed E-state index contributed by atoms with van der Waals surface area (Å²) in [6.07, 6.45) is 6.31. The van der Waals surface area contributed by atoms with Gasteiger partial charge in [0, 0.05) is 13.1 Å². The van der Waals surface area contributed by atoms with E-state index in [9.17, 15) is 9.59 Å². The summed E-state index contributed by atoms with van der Waals surface area (Å²) in [6, 6.07) is 6.61. The minimum absolute atomic E-state index is 0.156. The summed E-state index contributed by atoms with van der Waals surface area (Å²) in [5.41, 5.74) is 1.39. The number of carbonyl (C=O) groups is 2. The molecule has 1 heterocycles. The van der Waals surface area contributed by atoms with Gasteiger partial charge in [-0.2, -0.15) is 0 Å². The number of amides is 1. The molecule has 4 nitrogen and oxygen atoms in total. The van der Waals surface area contributed by atoms with E-state index in [1.165, 1.54) is 6.42 Å². The maximum Gasteiger partial charge on any atom is 0.335 e. The second-order valence-corrected chi connectivity index (χ2v) is 7.46. The maximum atomic E-state index is 12.6. The average molecular weight is 311 g/mol. The second kappa shape index (κ2) is 4.95. The molecule has 4 atom stereocenters. The number of carboxylic acid groups (broad SMARTS) is 1. The Kier molecular flexibility index (Phi) is 3.12. The monoisotopic (exact) mass is 311 g/mol. The van der Waals surface area contributed by atoms with Crippen molar-refractivity contribution in [2.75, 3.05) is 13.1 Å². The number of carbonyl (C=O) groups excluding carboxylic acids is 1. The van der Waals surface area contributed by atoms with Crippen LogP contribution in [0.1, 0.15) is 29.3 Å². The molecule has 0 aromatic heterocycles.